The fourth-order valence-electron chi connectivity index (χ4n) is 7.40. The lowest BCUT2D eigenvalue weighted by Gasteiger charge is -2.40. The standard InChI is InChI=1S/C40H78O4/c1-4-7-10-13-16-17-21-26-31-36-40(34-29-24-14-11-8-5-2,35-30-25-15-12-9-6-3)37(39(43)44)32-27-22-19-18-20-23-28-33-38(41)42/h37H,4-36H2,1-3H3,(H,41,42)(H,43,44). The minimum atomic E-state index is -0.697. The van der Waals surface area contributed by atoms with E-state index in [1.165, 1.54) is 135 Å². The Morgan fingerprint density at radius 1 is 0.432 bits per heavy atom. The van der Waals surface area contributed by atoms with Crippen LogP contribution in [0.15, 0.2) is 0 Å². The highest BCUT2D eigenvalue weighted by Crippen LogP contribution is 2.46. The van der Waals surface area contributed by atoms with E-state index in [0.29, 0.717) is 0 Å². The van der Waals surface area contributed by atoms with Gasteiger partial charge in [0.1, 0.15) is 0 Å². The lowest BCUT2D eigenvalue weighted by molar-refractivity contribution is -0.148. The summed E-state index contributed by atoms with van der Waals surface area (Å²) in [6.07, 6.45) is 38.8. The van der Waals surface area contributed by atoms with Gasteiger partial charge in [0, 0.05) is 6.42 Å². The molecule has 0 aromatic rings. The van der Waals surface area contributed by atoms with Gasteiger partial charge < -0.3 is 10.2 Å². The van der Waals surface area contributed by atoms with Crippen LogP contribution in [0.1, 0.15) is 233 Å². The van der Waals surface area contributed by atoms with Crippen molar-refractivity contribution in [3.63, 3.8) is 0 Å². The molecular weight excluding hydrogens is 544 g/mol. The van der Waals surface area contributed by atoms with E-state index in [4.69, 9.17) is 5.11 Å². The van der Waals surface area contributed by atoms with Crippen molar-refractivity contribution in [2.45, 2.75) is 233 Å². The number of carboxylic acids is 2. The van der Waals surface area contributed by atoms with E-state index in [9.17, 15) is 14.7 Å². The van der Waals surface area contributed by atoms with Gasteiger partial charge in [-0.3, -0.25) is 9.59 Å². The number of carbonyl (C=O) groups is 2. The van der Waals surface area contributed by atoms with Gasteiger partial charge in [-0.1, -0.05) is 194 Å². The molecule has 1 atom stereocenters. The molecule has 0 rings (SSSR count). The quantitative estimate of drug-likeness (QED) is 0.0682. The van der Waals surface area contributed by atoms with Crippen molar-refractivity contribution in [2.24, 2.45) is 11.3 Å². The van der Waals surface area contributed by atoms with Crippen LogP contribution >= 0.6 is 0 Å². The average Bonchev–Trinajstić information content (AvgIpc) is 3.00. The summed E-state index contributed by atoms with van der Waals surface area (Å²) < 4.78 is 0. The first-order valence-electron chi connectivity index (χ1n) is 19.9. The molecule has 0 aromatic carbocycles. The van der Waals surface area contributed by atoms with E-state index in [-0.39, 0.29) is 17.8 Å². The summed E-state index contributed by atoms with van der Waals surface area (Å²) >= 11 is 0. The van der Waals surface area contributed by atoms with E-state index >= 15 is 0 Å². The Morgan fingerprint density at radius 2 is 0.727 bits per heavy atom. The second kappa shape index (κ2) is 31.9. The predicted octanol–water partition coefficient (Wildman–Crippen LogP) is 13.7. The summed E-state index contributed by atoms with van der Waals surface area (Å²) in [6.45, 7) is 6.82. The third kappa shape index (κ3) is 25.2. The van der Waals surface area contributed by atoms with Gasteiger partial charge in [0.2, 0.25) is 0 Å². The van der Waals surface area contributed by atoms with Gasteiger partial charge in [-0.15, -0.1) is 0 Å². The fraction of sp³-hybridized carbons (Fsp3) is 0.950. The largest absolute Gasteiger partial charge is 0.481 e. The molecule has 44 heavy (non-hydrogen) atoms. The lowest BCUT2D eigenvalue weighted by atomic mass is 9.64. The van der Waals surface area contributed by atoms with Crippen molar-refractivity contribution in [3.8, 4) is 0 Å². The summed E-state index contributed by atoms with van der Waals surface area (Å²) in [7, 11) is 0. The summed E-state index contributed by atoms with van der Waals surface area (Å²) in [6, 6.07) is 0. The second-order valence-electron chi connectivity index (χ2n) is 14.3. The minimum absolute atomic E-state index is 0.0424. The molecule has 2 N–H and O–H groups in total. The number of aliphatic carboxylic acids is 2. The number of hydrogen-bond acceptors (Lipinski definition) is 2. The topological polar surface area (TPSA) is 74.6 Å². The Labute approximate surface area is 275 Å². The van der Waals surface area contributed by atoms with Crippen LogP contribution < -0.4 is 0 Å². The van der Waals surface area contributed by atoms with Crippen molar-refractivity contribution in [1.29, 1.82) is 0 Å². The molecule has 0 aromatic heterocycles. The lowest BCUT2D eigenvalue weighted by Crippen LogP contribution is -2.36. The molecular formula is C40H78O4. The average molecular weight is 623 g/mol. The Balaban J connectivity index is 5.27. The van der Waals surface area contributed by atoms with Crippen LogP contribution in [0.25, 0.3) is 0 Å². The summed E-state index contributed by atoms with van der Waals surface area (Å²) in [4.78, 5) is 23.7. The minimum Gasteiger partial charge on any atom is -0.481 e. The van der Waals surface area contributed by atoms with E-state index in [1.807, 2.05) is 0 Å². The third-order valence-corrected chi connectivity index (χ3v) is 10.3. The maximum absolute atomic E-state index is 13.0. The van der Waals surface area contributed by atoms with Gasteiger partial charge in [0.05, 0.1) is 5.92 Å². The zero-order chi connectivity index (χ0) is 32.6. The van der Waals surface area contributed by atoms with Crippen molar-refractivity contribution in [2.75, 3.05) is 0 Å². The van der Waals surface area contributed by atoms with Crippen LogP contribution in [0.3, 0.4) is 0 Å². The number of carboxylic acid groups (broad SMARTS) is 2. The van der Waals surface area contributed by atoms with Crippen LogP contribution in [0.5, 0.6) is 0 Å². The summed E-state index contributed by atoms with van der Waals surface area (Å²) in [5, 5.41) is 19.5. The smallest absolute Gasteiger partial charge is 0.307 e. The SMILES string of the molecule is CCCCCCCCCCCC(CCCCCCCC)(CCCCCCCC)C(CCCCCCCCCC(=O)O)C(=O)O. The molecule has 0 bridgehead atoms. The van der Waals surface area contributed by atoms with Crippen molar-refractivity contribution >= 4 is 11.9 Å². The number of rotatable bonds is 36. The molecule has 4 nitrogen and oxygen atoms in total. The third-order valence-electron chi connectivity index (χ3n) is 10.3. The summed E-state index contributed by atoms with van der Waals surface area (Å²) in [5.74, 6) is -1.44. The first kappa shape index (κ1) is 42.9. The molecule has 0 aliphatic carbocycles. The monoisotopic (exact) mass is 623 g/mol. The fourth-order valence-corrected chi connectivity index (χ4v) is 7.40. The van der Waals surface area contributed by atoms with Gasteiger partial charge in [-0.05, 0) is 37.5 Å². The van der Waals surface area contributed by atoms with Crippen LogP contribution in [0.4, 0.5) is 0 Å². The van der Waals surface area contributed by atoms with Gasteiger partial charge in [0.25, 0.3) is 0 Å². The molecule has 0 amide bonds. The number of hydrogen-bond donors (Lipinski definition) is 2. The van der Waals surface area contributed by atoms with E-state index in [2.05, 4.69) is 20.8 Å². The molecule has 0 radical (unpaired) electrons. The highest BCUT2D eigenvalue weighted by atomic mass is 16.4. The Kier molecular flexibility index (Phi) is 31.1. The Hall–Kier alpha value is -1.06. The van der Waals surface area contributed by atoms with E-state index in [1.54, 1.807) is 0 Å². The molecule has 0 aliphatic rings. The Morgan fingerprint density at radius 3 is 1.05 bits per heavy atom. The molecule has 262 valence electrons. The molecule has 0 saturated carbocycles. The van der Waals surface area contributed by atoms with Gasteiger partial charge in [-0.25, -0.2) is 0 Å². The highest BCUT2D eigenvalue weighted by Gasteiger charge is 2.41. The van der Waals surface area contributed by atoms with Gasteiger partial charge in [-0.2, -0.15) is 0 Å². The molecule has 0 fully saturated rings. The van der Waals surface area contributed by atoms with Gasteiger partial charge in [0.15, 0.2) is 0 Å². The predicted molar refractivity (Wildman–Crippen MR) is 191 cm³/mol. The van der Waals surface area contributed by atoms with Crippen LogP contribution in [0, 0.1) is 11.3 Å². The van der Waals surface area contributed by atoms with Gasteiger partial charge >= 0.3 is 11.9 Å². The zero-order valence-corrected chi connectivity index (χ0v) is 30.1. The molecule has 0 spiro atoms. The normalized spacial score (nSPS) is 12.5. The molecule has 0 aliphatic heterocycles. The maximum atomic E-state index is 13.0. The van der Waals surface area contributed by atoms with Crippen molar-refractivity contribution in [1.82, 2.24) is 0 Å². The van der Waals surface area contributed by atoms with Crippen LogP contribution in [-0.2, 0) is 9.59 Å². The zero-order valence-electron chi connectivity index (χ0n) is 30.1. The van der Waals surface area contributed by atoms with E-state index in [0.717, 1.165) is 70.6 Å². The first-order valence-corrected chi connectivity index (χ1v) is 19.9. The van der Waals surface area contributed by atoms with Crippen molar-refractivity contribution < 1.29 is 19.8 Å². The molecule has 0 heterocycles. The molecule has 1 unspecified atom stereocenters. The molecule has 4 heteroatoms. The number of unbranched alkanes of at least 4 members (excludes halogenated alkanes) is 24. The van der Waals surface area contributed by atoms with Crippen LogP contribution in [0.2, 0.25) is 0 Å². The highest BCUT2D eigenvalue weighted by molar-refractivity contribution is 5.71. The van der Waals surface area contributed by atoms with E-state index < -0.39 is 11.9 Å². The maximum Gasteiger partial charge on any atom is 0.307 e. The molecule has 0 saturated heterocycles. The van der Waals surface area contributed by atoms with Crippen molar-refractivity contribution in [3.05, 3.63) is 0 Å². The second-order valence-corrected chi connectivity index (χ2v) is 14.3. The van der Waals surface area contributed by atoms with Crippen LogP contribution in [-0.4, -0.2) is 22.2 Å². The summed E-state index contributed by atoms with van der Waals surface area (Å²) in [5.41, 5.74) is -0.0424. The Bertz CT molecular complexity index is 615. The first-order chi connectivity index (χ1) is 21.4.